The number of likely N-dealkylation sites (N-methyl/N-ethyl adjacent to an activating group) is 1. The number of rotatable bonds is 1. The van der Waals surface area contributed by atoms with Crippen LogP contribution in [-0.2, 0) is 13.5 Å². The van der Waals surface area contributed by atoms with E-state index in [-0.39, 0.29) is 6.04 Å². The number of nitrogens with two attached hydrogens (primary N) is 1. The number of fused-ring (bicyclic) bond motifs is 1. The molecule has 0 saturated heterocycles. The highest BCUT2D eigenvalue weighted by Crippen LogP contribution is 2.29. The Bertz CT molecular complexity index is 329. The summed E-state index contributed by atoms with van der Waals surface area (Å²) in [4.78, 5) is 6.72. The van der Waals surface area contributed by atoms with Gasteiger partial charge in [0.15, 0.2) is 0 Å². The lowest BCUT2D eigenvalue weighted by Gasteiger charge is -2.35. The Morgan fingerprint density at radius 1 is 1.57 bits per heavy atom. The van der Waals surface area contributed by atoms with Crippen LogP contribution in [0.1, 0.15) is 24.4 Å². The van der Waals surface area contributed by atoms with E-state index >= 15 is 0 Å². The van der Waals surface area contributed by atoms with Crippen LogP contribution < -0.4 is 5.73 Å². The Morgan fingerprint density at radius 3 is 2.93 bits per heavy atom. The Hall–Kier alpha value is -0.870. The zero-order valence-corrected chi connectivity index (χ0v) is 9.07. The average molecular weight is 194 g/mol. The van der Waals surface area contributed by atoms with Crippen molar-refractivity contribution in [1.29, 1.82) is 0 Å². The van der Waals surface area contributed by atoms with Gasteiger partial charge in [0.05, 0.1) is 23.8 Å². The minimum atomic E-state index is 0.148. The molecule has 0 fully saturated rings. The summed E-state index contributed by atoms with van der Waals surface area (Å²) in [6, 6.07) is 0.459. The van der Waals surface area contributed by atoms with Gasteiger partial charge < -0.3 is 10.3 Å². The van der Waals surface area contributed by atoms with Crippen molar-refractivity contribution in [3.63, 3.8) is 0 Å². The fourth-order valence-corrected chi connectivity index (χ4v) is 2.34. The molecule has 0 spiro atoms. The molecule has 1 aliphatic heterocycles. The van der Waals surface area contributed by atoms with Crippen molar-refractivity contribution in [2.75, 3.05) is 13.6 Å². The summed E-state index contributed by atoms with van der Waals surface area (Å²) in [5.74, 6) is 0. The average Bonchev–Trinajstić information content (AvgIpc) is 2.47. The highest BCUT2D eigenvalue weighted by atomic mass is 15.2. The lowest BCUT2D eigenvalue weighted by atomic mass is 9.98. The number of aryl methyl sites for hydroxylation is 1. The maximum Gasteiger partial charge on any atom is 0.0949 e. The third kappa shape index (κ3) is 1.35. The van der Waals surface area contributed by atoms with E-state index in [9.17, 15) is 0 Å². The van der Waals surface area contributed by atoms with E-state index in [1.807, 2.05) is 13.4 Å². The van der Waals surface area contributed by atoms with Gasteiger partial charge in [0, 0.05) is 26.1 Å². The SMILES string of the molecule is CC(N)C1c2c(ncn2C)CCN1C. The van der Waals surface area contributed by atoms with E-state index in [1.165, 1.54) is 11.4 Å². The molecule has 14 heavy (non-hydrogen) atoms. The standard InChI is InChI=1S/C10H18N4/c1-7(11)9-10-8(4-5-13(9)2)12-6-14(10)3/h6-7,9H,4-5,11H2,1-3H3. The van der Waals surface area contributed by atoms with Crippen LogP contribution in [0, 0.1) is 0 Å². The quantitative estimate of drug-likeness (QED) is 0.699. The summed E-state index contributed by atoms with van der Waals surface area (Å²) in [6.45, 7) is 3.11. The minimum Gasteiger partial charge on any atom is -0.336 e. The number of hydrogen-bond acceptors (Lipinski definition) is 3. The van der Waals surface area contributed by atoms with Crippen molar-refractivity contribution in [2.45, 2.75) is 25.4 Å². The van der Waals surface area contributed by atoms with Crippen LogP contribution in [0.25, 0.3) is 0 Å². The van der Waals surface area contributed by atoms with Gasteiger partial charge in [0.1, 0.15) is 0 Å². The molecule has 1 aromatic rings. The Kier molecular flexibility index (Phi) is 2.33. The maximum absolute atomic E-state index is 6.02. The number of nitrogens with zero attached hydrogens (tertiary/aromatic N) is 3. The Labute approximate surface area is 84.7 Å². The van der Waals surface area contributed by atoms with Crippen molar-refractivity contribution < 1.29 is 0 Å². The lowest BCUT2D eigenvalue weighted by Crippen LogP contribution is -2.42. The van der Waals surface area contributed by atoms with Gasteiger partial charge in [0.25, 0.3) is 0 Å². The zero-order valence-electron chi connectivity index (χ0n) is 9.07. The van der Waals surface area contributed by atoms with Crippen LogP contribution in [0.2, 0.25) is 0 Å². The van der Waals surface area contributed by atoms with E-state index in [2.05, 4.69) is 28.4 Å². The van der Waals surface area contributed by atoms with E-state index in [0.717, 1.165) is 13.0 Å². The van der Waals surface area contributed by atoms with Gasteiger partial charge in [-0.15, -0.1) is 0 Å². The molecule has 2 heterocycles. The third-order valence-corrected chi connectivity index (χ3v) is 3.02. The molecule has 0 aliphatic carbocycles. The molecule has 2 rings (SSSR count). The van der Waals surface area contributed by atoms with E-state index < -0.39 is 0 Å². The largest absolute Gasteiger partial charge is 0.336 e. The first-order valence-corrected chi connectivity index (χ1v) is 5.07. The first-order chi connectivity index (χ1) is 6.61. The lowest BCUT2D eigenvalue weighted by molar-refractivity contribution is 0.197. The second-order valence-corrected chi connectivity index (χ2v) is 4.22. The topological polar surface area (TPSA) is 47.1 Å². The molecule has 2 unspecified atom stereocenters. The molecule has 0 saturated carbocycles. The van der Waals surface area contributed by atoms with Gasteiger partial charge in [-0.25, -0.2) is 4.98 Å². The molecule has 4 heteroatoms. The third-order valence-electron chi connectivity index (χ3n) is 3.02. The summed E-state index contributed by atoms with van der Waals surface area (Å²) >= 11 is 0. The second kappa shape index (κ2) is 3.37. The highest BCUT2D eigenvalue weighted by Gasteiger charge is 2.30. The van der Waals surface area contributed by atoms with Gasteiger partial charge in [-0.05, 0) is 14.0 Å². The molecule has 0 radical (unpaired) electrons. The maximum atomic E-state index is 6.02. The summed E-state index contributed by atoms with van der Waals surface area (Å²) in [7, 11) is 4.17. The Morgan fingerprint density at radius 2 is 2.29 bits per heavy atom. The van der Waals surface area contributed by atoms with E-state index in [1.54, 1.807) is 0 Å². The number of aromatic nitrogens is 2. The summed E-state index contributed by atoms with van der Waals surface area (Å²) < 4.78 is 2.10. The van der Waals surface area contributed by atoms with Crippen LogP contribution in [-0.4, -0.2) is 34.1 Å². The summed E-state index contributed by atoms with van der Waals surface area (Å²) in [5.41, 5.74) is 8.52. The predicted octanol–water partition coefficient (Wildman–Crippen LogP) is 0.296. The second-order valence-electron chi connectivity index (χ2n) is 4.22. The molecule has 0 bridgehead atoms. The molecule has 4 nitrogen and oxygen atoms in total. The van der Waals surface area contributed by atoms with Crippen molar-refractivity contribution in [3.8, 4) is 0 Å². The zero-order chi connectivity index (χ0) is 10.3. The first kappa shape index (κ1) is 9.68. The summed E-state index contributed by atoms with van der Waals surface area (Å²) in [5, 5.41) is 0. The van der Waals surface area contributed by atoms with Crippen molar-refractivity contribution in [3.05, 3.63) is 17.7 Å². The van der Waals surface area contributed by atoms with Crippen LogP contribution >= 0.6 is 0 Å². The van der Waals surface area contributed by atoms with Crippen LogP contribution in [0.15, 0.2) is 6.33 Å². The highest BCUT2D eigenvalue weighted by molar-refractivity contribution is 5.22. The molecule has 2 atom stereocenters. The van der Waals surface area contributed by atoms with Gasteiger partial charge in [-0.3, -0.25) is 4.90 Å². The normalized spacial score (nSPS) is 24.7. The predicted molar refractivity (Wildman–Crippen MR) is 55.9 cm³/mol. The molecular weight excluding hydrogens is 176 g/mol. The van der Waals surface area contributed by atoms with Crippen molar-refractivity contribution >= 4 is 0 Å². The molecule has 0 aromatic carbocycles. The molecular formula is C10H18N4. The van der Waals surface area contributed by atoms with Crippen LogP contribution in [0.4, 0.5) is 0 Å². The molecule has 2 N–H and O–H groups in total. The van der Waals surface area contributed by atoms with Gasteiger partial charge >= 0.3 is 0 Å². The molecule has 78 valence electrons. The fourth-order valence-electron chi connectivity index (χ4n) is 2.34. The first-order valence-electron chi connectivity index (χ1n) is 5.07. The fraction of sp³-hybridized carbons (Fsp3) is 0.700. The smallest absolute Gasteiger partial charge is 0.0949 e. The molecule has 1 aliphatic rings. The number of imidazole rings is 1. The monoisotopic (exact) mass is 194 g/mol. The summed E-state index contributed by atoms with van der Waals surface area (Å²) in [6.07, 6.45) is 2.93. The number of hydrogen-bond donors (Lipinski definition) is 1. The van der Waals surface area contributed by atoms with E-state index in [4.69, 9.17) is 5.73 Å². The van der Waals surface area contributed by atoms with Crippen molar-refractivity contribution in [1.82, 2.24) is 14.5 Å². The molecule has 0 amide bonds. The molecule has 1 aromatic heterocycles. The van der Waals surface area contributed by atoms with Crippen molar-refractivity contribution in [2.24, 2.45) is 12.8 Å². The van der Waals surface area contributed by atoms with Crippen LogP contribution in [0.3, 0.4) is 0 Å². The van der Waals surface area contributed by atoms with E-state index in [0.29, 0.717) is 6.04 Å². The van der Waals surface area contributed by atoms with Crippen LogP contribution in [0.5, 0.6) is 0 Å². The van der Waals surface area contributed by atoms with Gasteiger partial charge in [-0.2, -0.15) is 0 Å². The van der Waals surface area contributed by atoms with Gasteiger partial charge in [-0.1, -0.05) is 0 Å². The Balaban J connectivity index is 2.44. The minimum absolute atomic E-state index is 0.148. The van der Waals surface area contributed by atoms with Gasteiger partial charge in [0.2, 0.25) is 0 Å².